The molecule has 1 aliphatic carbocycles. The molecular formula is C26H26BrFN4O3. The van der Waals surface area contributed by atoms with Crippen LogP contribution in [-0.2, 0) is 25.0 Å². The number of ether oxygens (including phenoxy) is 1. The first-order valence-electron chi connectivity index (χ1n) is 11.7. The van der Waals surface area contributed by atoms with Crippen LogP contribution in [0.3, 0.4) is 0 Å². The van der Waals surface area contributed by atoms with Crippen molar-refractivity contribution in [3.63, 3.8) is 0 Å². The number of aromatic nitrogens is 4. The third-order valence-corrected chi connectivity index (χ3v) is 7.16. The molecule has 4 aromatic rings. The topological polar surface area (TPSA) is 82.2 Å². The van der Waals surface area contributed by atoms with Crippen LogP contribution in [0.15, 0.2) is 53.1 Å². The minimum atomic E-state index is -0.822. The quantitative estimate of drug-likeness (QED) is 0.327. The van der Waals surface area contributed by atoms with E-state index in [2.05, 4.69) is 26.0 Å². The van der Waals surface area contributed by atoms with Gasteiger partial charge in [0.2, 0.25) is 0 Å². The van der Waals surface area contributed by atoms with Crippen LogP contribution in [0.25, 0.3) is 11.0 Å². The summed E-state index contributed by atoms with van der Waals surface area (Å²) in [5.41, 5.74) is 2.57. The molecule has 7 nitrogen and oxygen atoms in total. The molecule has 35 heavy (non-hydrogen) atoms. The number of halogens is 2. The fourth-order valence-electron chi connectivity index (χ4n) is 4.91. The number of hydrogen-bond donors (Lipinski definition) is 1. The van der Waals surface area contributed by atoms with E-state index in [1.807, 2.05) is 48.1 Å². The summed E-state index contributed by atoms with van der Waals surface area (Å²) in [7, 11) is 1.83. The largest absolute Gasteiger partial charge is 0.487 e. The minimum Gasteiger partial charge on any atom is -0.487 e. The number of benzene rings is 2. The Hall–Kier alpha value is -3.20. The number of nitrogens with zero attached hydrogens (tertiary/aromatic N) is 4. The lowest BCUT2D eigenvalue weighted by Crippen LogP contribution is -2.27. The van der Waals surface area contributed by atoms with Crippen molar-refractivity contribution in [1.29, 1.82) is 0 Å². The Kier molecular flexibility index (Phi) is 6.60. The first kappa shape index (κ1) is 23.5. The number of carboxylic acid groups (broad SMARTS) is 1. The summed E-state index contributed by atoms with van der Waals surface area (Å²) in [6.45, 7) is 0.661. The molecule has 1 fully saturated rings. The zero-order chi connectivity index (χ0) is 24.5. The van der Waals surface area contributed by atoms with E-state index in [4.69, 9.17) is 4.74 Å². The van der Waals surface area contributed by atoms with E-state index in [9.17, 15) is 9.90 Å². The molecule has 0 amide bonds. The van der Waals surface area contributed by atoms with Crippen molar-refractivity contribution in [3.05, 3.63) is 76.0 Å². The van der Waals surface area contributed by atoms with Crippen LogP contribution in [0, 0.1) is 11.7 Å². The number of imidazole rings is 1. The molecule has 0 aliphatic heterocycles. The van der Waals surface area contributed by atoms with Gasteiger partial charge in [0.1, 0.15) is 23.7 Å². The average molecular weight is 541 g/mol. The summed E-state index contributed by atoms with van der Waals surface area (Å²) >= 11 is 3.46. The number of rotatable bonds is 7. The highest BCUT2D eigenvalue weighted by Crippen LogP contribution is 2.40. The van der Waals surface area contributed by atoms with Crippen molar-refractivity contribution in [2.24, 2.45) is 13.0 Å². The second-order valence-electron chi connectivity index (χ2n) is 9.06. The van der Waals surface area contributed by atoms with Crippen molar-refractivity contribution < 1.29 is 19.0 Å². The molecule has 2 aromatic carbocycles. The molecule has 0 saturated heterocycles. The molecule has 9 heteroatoms. The average Bonchev–Trinajstić information content (AvgIpc) is 3.43. The van der Waals surface area contributed by atoms with E-state index in [-0.39, 0.29) is 18.0 Å². The van der Waals surface area contributed by atoms with Crippen LogP contribution < -0.4 is 4.74 Å². The van der Waals surface area contributed by atoms with Gasteiger partial charge in [-0.15, -0.1) is 0 Å². The molecule has 0 spiro atoms. The van der Waals surface area contributed by atoms with E-state index in [0.29, 0.717) is 36.5 Å². The number of aliphatic carboxylic acids is 1. The first-order valence-corrected chi connectivity index (χ1v) is 12.5. The fourth-order valence-corrected chi connectivity index (χ4v) is 5.18. The molecular weight excluding hydrogens is 515 g/mol. The normalized spacial score (nSPS) is 18.1. The molecule has 1 N–H and O–H groups in total. The Morgan fingerprint density at radius 3 is 2.69 bits per heavy atom. The van der Waals surface area contributed by atoms with Gasteiger partial charge in [-0.3, -0.25) is 9.48 Å². The monoisotopic (exact) mass is 540 g/mol. The molecule has 0 radical (unpaired) electrons. The van der Waals surface area contributed by atoms with Crippen LogP contribution in [-0.4, -0.2) is 30.4 Å². The summed E-state index contributed by atoms with van der Waals surface area (Å²) in [5.74, 6) is -1.12. The Balaban J connectivity index is 1.58. The summed E-state index contributed by atoms with van der Waals surface area (Å²) in [6.07, 6.45) is 4.94. The van der Waals surface area contributed by atoms with Gasteiger partial charge in [0.05, 0.1) is 17.1 Å². The zero-order valence-electron chi connectivity index (χ0n) is 19.3. The highest BCUT2D eigenvalue weighted by Gasteiger charge is 2.35. The van der Waals surface area contributed by atoms with Gasteiger partial charge in [0.25, 0.3) is 0 Å². The highest BCUT2D eigenvalue weighted by molar-refractivity contribution is 9.10. The second kappa shape index (κ2) is 9.81. The molecule has 1 aliphatic rings. The smallest absolute Gasteiger partial charge is 0.307 e. The van der Waals surface area contributed by atoms with E-state index in [0.717, 1.165) is 28.6 Å². The van der Waals surface area contributed by atoms with Crippen molar-refractivity contribution in [3.8, 4) is 5.75 Å². The van der Waals surface area contributed by atoms with Crippen molar-refractivity contribution in [2.75, 3.05) is 0 Å². The third kappa shape index (κ3) is 4.96. The van der Waals surface area contributed by atoms with Crippen molar-refractivity contribution in [1.82, 2.24) is 19.3 Å². The van der Waals surface area contributed by atoms with Crippen molar-refractivity contribution in [2.45, 2.75) is 44.8 Å². The lowest BCUT2D eigenvalue weighted by atomic mass is 9.78. The molecule has 182 valence electrons. The van der Waals surface area contributed by atoms with Gasteiger partial charge in [0, 0.05) is 42.3 Å². The first-order chi connectivity index (χ1) is 16.9. The van der Waals surface area contributed by atoms with E-state index in [1.165, 1.54) is 6.07 Å². The van der Waals surface area contributed by atoms with E-state index >= 15 is 4.39 Å². The number of hydrogen-bond acceptors (Lipinski definition) is 4. The molecule has 2 aromatic heterocycles. The SMILES string of the molecule is Cn1ccc(COc2cc(F)c3nc(C4CCCCC4C(=O)O)n(Cc4ccc(Br)cc4)c3c2)n1. The molecule has 2 atom stereocenters. The van der Waals surface area contributed by atoms with Gasteiger partial charge in [-0.1, -0.05) is 40.9 Å². The summed E-state index contributed by atoms with van der Waals surface area (Å²) < 4.78 is 25.8. The van der Waals surface area contributed by atoms with Gasteiger partial charge < -0.3 is 14.4 Å². The summed E-state index contributed by atoms with van der Waals surface area (Å²) in [4.78, 5) is 16.7. The predicted molar refractivity (Wildman–Crippen MR) is 133 cm³/mol. The number of carboxylic acids is 1. The number of carbonyl (C=O) groups is 1. The second-order valence-corrected chi connectivity index (χ2v) is 9.98. The lowest BCUT2D eigenvalue weighted by Gasteiger charge is -2.28. The standard InChI is InChI=1S/C26H26BrFN4O3/c1-31-11-10-18(30-31)15-35-19-12-22(28)24-23(13-19)32(14-16-6-8-17(27)9-7-16)25(29-24)20-4-2-3-5-21(20)26(33)34/h6-13,20-21H,2-5,14-15H2,1H3,(H,33,34). The third-order valence-electron chi connectivity index (χ3n) is 6.63. The van der Waals surface area contributed by atoms with Crippen LogP contribution >= 0.6 is 15.9 Å². The predicted octanol–water partition coefficient (Wildman–Crippen LogP) is 5.66. The summed E-state index contributed by atoms with van der Waals surface area (Å²) in [5, 5.41) is 14.2. The summed E-state index contributed by atoms with van der Waals surface area (Å²) in [6, 6.07) is 12.9. The van der Waals surface area contributed by atoms with Crippen LogP contribution in [0.4, 0.5) is 4.39 Å². The maximum Gasteiger partial charge on any atom is 0.307 e. The lowest BCUT2D eigenvalue weighted by molar-refractivity contribution is -0.143. The Bertz CT molecular complexity index is 1370. The van der Waals surface area contributed by atoms with Gasteiger partial charge in [0.15, 0.2) is 5.82 Å². The number of fused-ring (bicyclic) bond motifs is 1. The molecule has 5 rings (SSSR count). The maximum atomic E-state index is 15.3. The fraction of sp³-hybridized carbons (Fsp3) is 0.346. The Labute approximate surface area is 210 Å². The van der Waals surface area contributed by atoms with Crippen LogP contribution in [0.1, 0.15) is 48.7 Å². The van der Waals surface area contributed by atoms with Crippen LogP contribution in [0.5, 0.6) is 5.75 Å². The highest BCUT2D eigenvalue weighted by atomic mass is 79.9. The Morgan fingerprint density at radius 2 is 1.97 bits per heavy atom. The van der Waals surface area contributed by atoms with E-state index in [1.54, 1.807) is 10.7 Å². The number of aryl methyl sites for hydroxylation is 1. The molecule has 0 bridgehead atoms. The molecule has 2 heterocycles. The zero-order valence-corrected chi connectivity index (χ0v) is 20.9. The molecule has 1 saturated carbocycles. The van der Waals surface area contributed by atoms with Crippen LogP contribution in [0.2, 0.25) is 0 Å². The van der Waals surface area contributed by atoms with Gasteiger partial charge >= 0.3 is 5.97 Å². The maximum absolute atomic E-state index is 15.3. The van der Waals surface area contributed by atoms with E-state index < -0.39 is 17.7 Å². The molecule has 2 unspecified atom stereocenters. The van der Waals surface area contributed by atoms with Crippen molar-refractivity contribution >= 4 is 32.9 Å². The van der Waals surface area contributed by atoms with Gasteiger partial charge in [-0.2, -0.15) is 5.10 Å². The van der Waals surface area contributed by atoms with Gasteiger partial charge in [-0.05, 0) is 36.6 Å². The Morgan fingerprint density at radius 1 is 1.20 bits per heavy atom. The van der Waals surface area contributed by atoms with Gasteiger partial charge in [-0.25, -0.2) is 9.37 Å². The minimum absolute atomic E-state index is 0.212.